The van der Waals surface area contributed by atoms with Gasteiger partial charge in [0.05, 0.1) is 21.8 Å². The molecule has 1 aliphatic carbocycles. The van der Waals surface area contributed by atoms with Gasteiger partial charge in [-0.25, -0.2) is 9.97 Å². The first-order valence-corrected chi connectivity index (χ1v) is 15.9. The smallest absolute Gasteiger partial charge is 0.281 e. The summed E-state index contributed by atoms with van der Waals surface area (Å²) in [5, 5.41) is 7.62. The Balaban J connectivity index is 1.20. The van der Waals surface area contributed by atoms with Crippen LogP contribution in [0.2, 0.25) is 5.02 Å². The molecule has 0 saturated heterocycles. The molecule has 1 aliphatic rings. The maximum absolute atomic E-state index is 12.9. The van der Waals surface area contributed by atoms with Crippen molar-refractivity contribution in [3.63, 3.8) is 0 Å². The van der Waals surface area contributed by atoms with Crippen LogP contribution in [0.5, 0.6) is 0 Å². The summed E-state index contributed by atoms with van der Waals surface area (Å²) in [5.74, 6) is 0.170. The Labute approximate surface area is 256 Å². The third-order valence-corrected chi connectivity index (χ3v) is 8.75. The topological polar surface area (TPSA) is 132 Å². The van der Waals surface area contributed by atoms with Gasteiger partial charge < -0.3 is 20.5 Å². The van der Waals surface area contributed by atoms with E-state index in [1.807, 2.05) is 49.5 Å². The second-order valence-corrected chi connectivity index (χ2v) is 12.9. The van der Waals surface area contributed by atoms with Gasteiger partial charge in [0.1, 0.15) is 0 Å². The summed E-state index contributed by atoms with van der Waals surface area (Å²) in [6, 6.07) is 14.0. The maximum atomic E-state index is 12.9. The Hall–Kier alpha value is -4.06. The second kappa shape index (κ2) is 13.5. The molecule has 4 aromatic rings. The molecule has 2 aromatic carbocycles. The van der Waals surface area contributed by atoms with E-state index in [9.17, 15) is 13.2 Å². The predicted octanol–water partition coefficient (Wildman–Crippen LogP) is 5.77. The zero-order valence-electron chi connectivity index (χ0n) is 24.0. The number of halogens is 1. The molecule has 0 radical (unpaired) electrons. The van der Waals surface area contributed by atoms with Crippen molar-refractivity contribution in [1.29, 1.82) is 0 Å². The molecule has 5 rings (SSSR count). The van der Waals surface area contributed by atoms with Crippen molar-refractivity contribution < 1.29 is 13.2 Å². The average Bonchev–Trinajstić information content (AvgIpc) is 3.41. The number of nitrogens with one attached hydrogen (secondary N) is 3. The highest BCUT2D eigenvalue weighted by Crippen LogP contribution is 2.33. The number of carbonyl (C=O) groups excluding carboxylic acids is 1. The van der Waals surface area contributed by atoms with Crippen LogP contribution >= 0.6 is 11.6 Å². The fourth-order valence-electron chi connectivity index (χ4n) is 5.06. The van der Waals surface area contributed by atoms with Crippen molar-refractivity contribution in [2.75, 3.05) is 31.3 Å². The van der Waals surface area contributed by atoms with E-state index in [2.05, 4.69) is 25.0 Å². The lowest BCUT2D eigenvalue weighted by molar-refractivity contribution is -0.111. The zero-order valence-corrected chi connectivity index (χ0v) is 25.6. The van der Waals surface area contributed by atoms with Crippen LogP contribution in [0.1, 0.15) is 25.7 Å². The van der Waals surface area contributed by atoms with Crippen LogP contribution in [0, 0.1) is 5.92 Å². The number of anilines is 2. The van der Waals surface area contributed by atoms with Gasteiger partial charge in [-0.3, -0.25) is 4.79 Å². The highest BCUT2D eigenvalue weighted by Gasteiger charge is 2.23. The van der Waals surface area contributed by atoms with Crippen molar-refractivity contribution >= 4 is 56.3 Å². The minimum absolute atomic E-state index is 0.0195. The highest BCUT2D eigenvalue weighted by molar-refractivity contribution is 7.90. The zero-order chi connectivity index (χ0) is 30.4. The van der Waals surface area contributed by atoms with Crippen LogP contribution in [-0.4, -0.2) is 67.1 Å². The summed E-state index contributed by atoms with van der Waals surface area (Å²) >= 11 is 6.48. The molecule has 2 heterocycles. The van der Waals surface area contributed by atoms with Crippen molar-refractivity contribution in [3.05, 3.63) is 78.1 Å². The SMILES string of the molecule is CN(C)C/C=C/C(=O)Nc1ccc(S(=O)(=O)N=CC2CCC[C@@H](Nc3ncc(Cl)c(-c4c[nH]c5ccccc45)n3)C2)cc1. The molecule has 0 bridgehead atoms. The minimum Gasteiger partial charge on any atom is -0.360 e. The maximum Gasteiger partial charge on any atom is 0.281 e. The fraction of sp³-hybridized carbons (Fsp3) is 0.290. The summed E-state index contributed by atoms with van der Waals surface area (Å²) in [6.07, 6.45) is 11.6. The first-order valence-electron chi connectivity index (χ1n) is 14.1. The lowest BCUT2D eigenvalue weighted by atomic mass is 9.86. The third-order valence-electron chi connectivity index (χ3n) is 7.21. The number of para-hydroxylation sites is 1. The summed E-state index contributed by atoms with van der Waals surface area (Å²) in [4.78, 5) is 26.4. The van der Waals surface area contributed by atoms with Crippen LogP contribution in [-0.2, 0) is 14.8 Å². The number of hydrogen-bond acceptors (Lipinski definition) is 7. The van der Waals surface area contributed by atoms with Crippen LogP contribution in [0.25, 0.3) is 22.2 Å². The fourth-order valence-corrected chi connectivity index (χ4v) is 6.19. The highest BCUT2D eigenvalue weighted by atomic mass is 35.5. The number of sulfonamides is 1. The number of carbonyl (C=O) groups is 1. The quantitative estimate of drug-likeness (QED) is 0.152. The minimum atomic E-state index is -3.88. The molecule has 0 spiro atoms. The van der Waals surface area contributed by atoms with E-state index in [1.54, 1.807) is 24.4 Å². The van der Waals surface area contributed by atoms with Crippen LogP contribution in [0.4, 0.5) is 11.6 Å². The Kier molecular flexibility index (Phi) is 9.54. The molecule has 2 aromatic heterocycles. The van der Waals surface area contributed by atoms with E-state index in [0.717, 1.165) is 35.7 Å². The van der Waals surface area contributed by atoms with E-state index in [0.29, 0.717) is 35.3 Å². The van der Waals surface area contributed by atoms with Gasteiger partial charge in [-0.15, -0.1) is 0 Å². The van der Waals surface area contributed by atoms with Gasteiger partial charge in [-0.1, -0.05) is 42.3 Å². The molecular formula is C31H34ClN7O3S. The molecular weight excluding hydrogens is 586 g/mol. The van der Waals surface area contributed by atoms with Gasteiger partial charge >= 0.3 is 0 Å². The average molecular weight is 620 g/mol. The standard InChI is InChI=1S/C31H34ClN7O3S/c1-39(2)16-6-11-29(40)36-22-12-14-24(15-13-22)43(41,42)35-18-21-7-5-8-23(17-21)37-31-34-20-27(32)30(38-31)26-19-33-28-10-4-3-9-25(26)28/h3-4,6,9-15,18-21,23,33H,5,7-8,16-17H2,1-2H3,(H,36,40)(H,34,37,38)/b11-6+,35-18?/t21?,23-/m1/s1. The van der Waals surface area contributed by atoms with Gasteiger partial charge in [0.15, 0.2) is 0 Å². The van der Waals surface area contributed by atoms with Crippen LogP contribution < -0.4 is 10.6 Å². The normalized spacial score (nSPS) is 17.7. The summed E-state index contributed by atoms with van der Waals surface area (Å²) in [7, 11) is -0.0674. The number of H-pyrrole nitrogens is 1. The van der Waals surface area contributed by atoms with Crippen molar-refractivity contribution in [2.24, 2.45) is 10.3 Å². The molecule has 0 aliphatic heterocycles. The molecule has 1 saturated carbocycles. The summed E-state index contributed by atoms with van der Waals surface area (Å²) < 4.78 is 29.8. The predicted molar refractivity (Wildman–Crippen MR) is 172 cm³/mol. The summed E-state index contributed by atoms with van der Waals surface area (Å²) in [5.41, 5.74) is 3.04. The van der Waals surface area contributed by atoms with Crippen LogP contribution in [0.15, 0.2) is 82.4 Å². The number of hydrogen-bond donors (Lipinski definition) is 3. The first-order chi connectivity index (χ1) is 20.7. The number of fused-ring (bicyclic) bond motifs is 1. The number of likely N-dealkylation sites (N-methyl/N-ethyl adjacent to an activating group) is 1. The van der Waals surface area contributed by atoms with Gasteiger partial charge in [0.2, 0.25) is 11.9 Å². The molecule has 43 heavy (non-hydrogen) atoms. The number of aromatic nitrogens is 3. The Morgan fingerprint density at radius 2 is 1.95 bits per heavy atom. The largest absolute Gasteiger partial charge is 0.360 e. The molecule has 2 atom stereocenters. The van der Waals surface area contributed by atoms with E-state index < -0.39 is 10.0 Å². The van der Waals surface area contributed by atoms with E-state index in [1.165, 1.54) is 24.4 Å². The first kappa shape index (κ1) is 30.4. The van der Waals surface area contributed by atoms with Gasteiger partial charge in [0, 0.05) is 53.2 Å². The van der Waals surface area contributed by atoms with Crippen molar-refractivity contribution in [2.45, 2.75) is 36.6 Å². The molecule has 1 fully saturated rings. The number of rotatable bonds is 10. The lowest BCUT2D eigenvalue weighted by Crippen LogP contribution is -2.29. The van der Waals surface area contributed by atoms with E-state index >= 15 is 0 Å². The number of benzene rings is 2. The summed E-state index contributed by atoms with van der Waals surface area (Å²) in [6.45, 7) is 0.641. The van der Waals surface area contributed by atoms with Gasteiger partial charge in [-0.05, 0) is 69.6 Å². The molecule has 1 unspecified atom stereocenters. The van der Waals surface area contributed by atoms with Gasteiger partial charge in [0.25, 0.3) is 10.0 Å². The molecule has 12 heteroatoms. The molecule has 1 amide bonds. The van der Waals surface area contributed by atoms with E-state index in [-0.39, 0.29) is 22.8 Å². The van der Waals surface area contributed by atoms with Crippen LogP contribution in [0.3, 0.4) is 0 Å². The third kappa shape index (κ3) is 7.86. The van der Waals surface area contributed by atoms with Gasteiger partial charge in [-0.2, -0.15) is 12.8 Å². The Morgan fingerprint density at radius 3 is 2.74 bits per heavy atom. The Morgan fingerprint density at radius 1 is 1.16 bits per heavy atom. The van der Waals surface area contributed by atoms with E-state index in [4.69, 9.17) is 16.6 Å². The number of amides is 1. The van der Waals surface area contributed by atoms with Crippen molar-refractivity contribution in [3.8, 4) is 11.3 Å². The second-order valence-electron chi connectivity index (χ2n) is 10.8. The monoisotopic (exact) mass is 619 g/mol. The van der Waals surface area contributed by atoms with Crippen molar-refractivity contribution in [1.82, 2.24) is 19.9 Å². The molecule has 10 nitrogen and oxygen atoms in total. The lowest BCUT2D eigenvalue weighted by Gasteiger charge is -2.27. The molecule has 224 valence electrons. The Bertz CT molecular complexity index is 1750. The number of aromatic amines is 1. The number of nitrogens with zero attached hydrogens (tertiary/aromatic N) is 4. The molecule has 3 N–H and O–H groups in total.